The summed E-state index contributed by atoms with van der Waals surface area (Å²) in [6.07, 6.45) is 5.08. The Balaban J connectivity index is 1.19. The molecule has 3 heterocycles. The van der Waals surface area contributed by atoms with Crippen molar-refractivity contribution in [3.63, 3.8) is 0 Å². The van der Waals surface area contributed by atoms with Crippen LogP contribution >= 0.6 is 11.6 Å². The monoisotopic (exact) mass is 470 g/mol. The maximum atomic E-state index is 13.0. The van der Waals surface area contributed by atoms with Gasteiger partial charge < -0.3 is 15.3 Å². The molecule has 2 aliphatic heterocycles. The van der Waals surface area contributed by atoms with E-state index in [0.717, 1.165) is 66.8 Å². The average molecular weight is 471 g/mol. The minimum Gasteiger partial charge on any atom is -0.394 e. The van der Waals surface area contributed by atoms with Gasteiger partial charge in [-0.3, -0.25) is 4.21 Å². The maximum absolute atomic E-state index is 13.0. The quantitative estimate of drug-likeness (QED) is 0.696. The first-order chi connectivity index (χ1) is 15.5. The topological polar surface area (TPSA) is 78.4 Å². The van der Waals surface area contributed by atoms with Crippen LogP contribution in [-0.2, 0) is 16.2 Å². The second-order valence-corrected chi connectivity index (χ2v) is 12.4. The highest BCUT2D eigenvalue weighted by Crippen LogP contribution is 2.60. The van der Waals surface area contributed by atoms with Crippen molar-refractivity contribution in [2.75, 3.05) is 35.7 Å². The van der Waals surface area contributed by atoms with Crippen LogP contribution in [0, 0.1) is 11.8 Å². The number of hydrogen-bond donors (Lipinski definition) is 2. The predicted octanol–water partition coefficient (Wildman–Crippen LogP) is 3.46. The van der Waals surface area contributed by atoms with E-state index in [2.05, 4.69) is 22.3 Å². The molecule has 3 aliphatic carbocycles. The van der Waals surface area contributed by atoms with Crippen LogP contribution < -0.4 is 10.2 Å². The molecule has 1 aromatic carbocycles. The van der Waals surface area contributed by atoms with Crippen LogP contribution in [0.4, 0.5) is 11.8 Å². The normalized spacial score (nSPS) is 32.4. The predicted molar refractivity (Wildman–Crippen MR) is 125 cm³/mol. The molecule has 2 N–H and O–H groups in total. The second kappa shape index (κ2) is 6.67. The number of aliphatic hydroxyl groups excluding tert-OH is 1. The van der Waals surface area contributed by atoms with E-state index in [0.29, 0.717) is 29.3 Å². The molecule has 32 heavy (non-hydrogen) atoms. The first-order valence-electron chi connectivity index (χ1n) is 11.7. The van der Waals surface area contributed by atoms with Crippen LogP contribution in [0.15, 0.2) is 29.2 Å². The molecule has 3 atom stereocenters. The van der Waals surface area contributed by atoms with Gasteiger partial charge in [0.2, 0.25) is 5.95 Å². The summed E-state index contributed by atoms with van der Waals surface area (Å²) in [6, 6.07) is 8.28. The Hall–Kier alpha value is -1.70. The summed E-state index contributed by atoms with van der Waals surface area (Å²) in [4.78, 5) is 13.1. The molecule has 4 fully saturated rings. The van der Waals surface area contributed by atoms with Crippen molar-refractivity contribution >= 4 is 34.2 Å². The van der Waals surface area contributed by atoms with E-state index in [1.807, 2.05) is 12.1 Å². The number of aliphatic hydroxyl groups is 1. The van der Waals surface area contributed by atoms with Crippen molar-refractivity contribution in [3.8, 4) is 0 Å². The van der Waals surface area contributed by atoms with Gasteiger partial charge in [-0.15, -0.1) is 0 Å². The van der Waals surface area contributed by atoms with E-state index in [-0.39, 0.29) is 17.6 Å². The average Bonchev–Trinajstić information content (AvgIpc) is 3.61. The highest BCUT2D eigenvalue weighted by molar-refractivity contribution is 7.85. The van der Waals surface area contributed by atoms with Gasteiger partial charge in [-0.2, -0.15) is 4.98 Å². The summed E-state index contributed by atoms with van der Waals surface area (Å²) in [5.74, 6) is 4.00. The number of nitrogens with one attached hydrogen (secondary N) is 1. The van der Waals surface area contributed by atoms with Crippen LogP contribution in [-0.4, -0.2) is 50.3 Å². The van der Waals surface area contributed by atoms with Crippen LogP contribution in [0.3, 0.4) is 0 Å². The molecule has 5 aliphatic rings. The van der Waals surface area contributed by atoms with Gasteiger partial charge in [-0.05, 0) is 67.6 Å². The lowest BCUT2D eigenvalue weighted by Gasteiger charge is -2.41. The Morgan fingerprint density at radius 1 is 1.12 bits per heavy atom. The third-order valence-corrected chi connectivity index (χ3v) is 10.5. The fourth-order valence-corrected chi connectivity index (χ4v) is 8.20. The lowest BCUT2D eigenvalue weighted by molar-refractivity contribution is 0.143. The molecule has 0 bridgehead atoms. The van der Waals surface area contributed by atoms with Gasteiger partial charge in [0.05, 0.1) is 28.6 Å². The number of fused-ring (bicyclic) bond motifs is 3. The second-order valence-electron chi connectivity index (χ2n) is 10.5. The molecular formula is C24H27ClN4O2S. The Labute approximate surface area is 195 Å². The van der Waals surface area contributed by atoms with Crippen LogP contribution in [0.1, 0.15) is 49.3 Å². The summed E-state index contributed by atoms with van der Waals surface area (Å²) in [5, 5.41) is 14.3. The summed E-state index contributed by atoms with van der Waals surface area (Å²) in [6.45, 7) is 1.99. The molecular weight excluding hydrogens is 444 g/mol. The minimum absolute atomic E-state index is 0.00517. The Morgan fingerprint density at radius 2 is 1.84 bits per heavy atom. The minimum atomic E-state index is -1.07. The summed E-state index contributed by atoms with van der Waals surface area (Å²) in [5.41, 5.74) is 2.05. The van der Waals surface area contributed by atoms with Crippen LogP contribution in [0.2, 0.25) is 5.02 Å². The van der Waals surface area contributed by atoms with Crippen molar-refractivity contribution in [3.05, 3.63) is 40.5 Å². The Morgan fingerprint density at radius 3 is 2.44 bits per heavy atom. The molecule has 1 aromatic heterocycles. The molecule has 1 spiro atoms. The molecule has 2 aromatic rings. The van der Waals surface area contributed by atoms with E-state index in [9.17, 15) is 9.32 Å². The molecule has 168 valence electrons. The van der Waals surface area contributed by atoms with E-state index < -0.39 is 10.8 Å². The third kappa shape index (κ3) is 2.83. The van der Waals surface area contributed by atoms with Gasteiger partial charge in [-0.1, -0.05) is 23.7 Å². The molecule has 7 rings (SSSR count). The van der Waals surface area contributed by atoms with Gasteiger partial charge >= 0.3 is 0 Å². The van der Waals surface area contributed by atoms with Gasteiger partial charge in [0.15, 0.2) is 0 Å². The SMILES string of the molecule is O=[S@@]1CC2(CC2)c2nc(N3CC4C(C3)C4c3ccc(Cl)cc3)nc(NC3(CO)CCC3)c21. The number of anilines is 2. The summed E-state index contributed by atoms with van der Waals surface area (Å²) >= 11 is 6.06. The van der Waals surface area contributed by atoms with E-state index in [1.165, 1.54) is 5.56 Å². The van der Waals surface area contributed by atoms with Gasteiger partial charge in [0, 0.05) is 29.3 Å². The number of halogens is 1. The molecule has 6 nitrogen and oxygen atoms in total. The molecule has 2 unspecified atom stereocenters. The van der Waals surface area contributed by atoms with Crippen molar-refractivity contribution in [2.45, 2.75) is 53.9 Å². The van der Waals surface area contributed by atoms with E-state index in [1.54, 1.807) is 0 Å². The summed E-state index contributed by atoms with van der Waals surface area (Å²) in [7, 11) is -1.07. The molecule has 0 radical (unpaired) electrons. The first-order valence-corrected chi connectivity index (χ1v) is 13.4. The fourth-order valence-electron chi connectivity index (χ4n) is 6.21. The van der Waals surface area contributed by atoms with E-state index >= 15 is 0 Å². The third-order valence-electron chi connectivity index (χ3n) is 8.57. The van der Waals surface area contributed by atoms with E-state index in [4.69, 9.17) is 21.6 Å². The number of rotatable bonds is 5. The Kier molecular flexibility index (Phi) is 4.12. The molecule has 3 saturated carbocycles. The van der Waals surface area contributed by atoms with Crippen LogP contribution in [0.25, 0.3) is 0 Å². The highest BCUT2D eigenvalue weighted by Gasteiger charge is 2.58. The number of aromatic nitrogens is 2. The lowest BCUT2D eigenvalue weighted by atomic mass is 9.77. The lowest BCUT2D eigenvalue weighted by Crippen LogP contribution is -2.48. The number of benzene rings is 1. The Bertz CT molecular complexity index is 1110. The molecule has 8 heteroatoms. The van der Waals surface area contributed by atoms with Crippen molar-refractivity contribution in [1.82, 2.24) is 9.97 Å². The number of hydrogen-bond acceptors (Lipinski definition) is 6. The van der Waals surface area contributed by atoms with Gasteiger partial charge in [0.25, 0.3) is 0 Å². The smallest absolute Gasteiger partial charge is 0.227 e. The zero-order valence-corrected chi connectivity index (χ0v) is 19.5. The van der Waals surface area contributed by atoms with Crippen molar-refractivity contribution in [2.24, 2.45) is 11.8 Å². The summed E-state index contributed by atoms with van der Waals surface area (Å²) < 4.78 is 13.0. The maximum Gasteiger partial charge on any atom is 0.227 e. The zero-order chi connectivity index (χ0) is 21.7. The first kappa shape index (κ1) is 19.7. The van der Waals surface area contributed by atoms with Crippen LogP contribution in [0.5, 0.6) is 0 Å². The standard InChI is InChI=1S/C24H27ClN4O2S/c25-15-4-2-14(3-5-15)18-16-10-29(11-17(16)18)22-26-20-19(32(31)13-23(20)8-9-23)21(27-22)28-24(12-30)6-1-7-24/h2-5,16-18,30H,1,6-13H2,(H,26,27,28)/t16?,17?,18?,32-/m1/s1. The van der Waals surface area contributed by atoms with Gasteiger partial charge in [-0.25, -0.2) is 4.98 Å². The van der Waals surface area contributed by atoms with Crippen molar-refractivity contribution in [1.29, 1.82) is 0 Å². The molecule has 0 amide bonds. The van der Waals surface area contributed by atoms with Crippen molar-refractivity contribution < 1.29 is 9.32 Å². The van der Waals surface area contributed by atoms with Gasteiger partial charge in [0.1, 0.15) is 10.7 Å². The molecule has 1 saturated heterocycles. The fraction of sp³-hybridized carbons (Fsp3) is 0.583. The highest BCUT2D eigenvalue weighted by atomic mass is 35.5. The zero-order valence-electron chi connectivity index (χ0n) is 17.9. The number of piperidine rings is 1. The number of nitrogens with zero attached hydrogens (tertiary/aromatic N) is 3. The largest absolute Gasteiger partial charge is 0.394 e.